The molecule has 7 nitrogen and oxygen atoms in total. The van der Waals surface area contributed by atoms with Gasteiger partial charge in [0.05, 0.1) is 10.5 Å². The van der Waals surface area contributed by atoms with Crippen LogP contribution in [0.5, 0.6) is 0 Å². The standard InChI is InChI=1S/C13H7ClN4O3/c14-9-2-3-10(11(5-9)18(20)21)13(19)17-12-4-1-8(6-15)7-16-12/h1-5,7H,(H,16,17,19). The smallest absolute Gasteiger partial charge is 0.283 e. The Morgan fingerprint density at radius 3 is 2.71 bits per heavy atom. The van der Waals surface area contributed by atoms with Crippen LogP contribution in [-0.2, 0) is 0 Å². The lowest BCUT2D eigenvalue weighted by Crippen LogP contribution is -2.14. The van der Waals surface area contributed by atoms with Gasteiger partial charge in [0.1, 0.15) is 17.5 Å². The summed E-state index contributed by atoms with van der Waals surface area (Å²) in [5.41, 5.74) is -0.185. The minimum Gasteiger partial charge on any atom is -0.306 e. The number of amides is 1. The van der Waals surface area contributed by atoms with Crippen LogP contribution >= 0.6 is 11.6 Å². The third-order valence-electron chi connectivity index (χ3n) is 2.54. The van der Waals surface area contributed by atoms with Gasteiger partial charge in [-0.1, -0.05) is 11.6 Å². The zero-order chi connectivity index (χ0) is 15.4. The second-order valence-electron chi connectivity index (χ2n) is 3.92. The lowest BCUT2D eigenvalue weighted by atomic mass is 10.1. The third kappa shape index (κ3) is 3.32. The summed E-state index contributed by atoms with van der Waals surface area (Å²) in [4.78, 5) is 26.1. The number of benzene rings is 1. The second kappa shape index (κ2) is 5.98. The minimum atomic E-state index is -0.687. The van der Waals surface area contributed by atoms with Crippen molar-refractivity contribution in [1.29, 1.82) is 5.26 Å². The number of aromatic nitrogens is 1. The molecule has 0 aliphatic carbocycles. The molecule has 1 aromatic heterocycles. The van der Waals surface area contributed by atoms with Crippen molar-refractivity contribution in [2.24, 2.45) is 0 Å². The zero-order valence-electron chi connectivity index (χ0n) is 10.4. The molecule has 0 fully saturated rings. The van der Waals surface area contributed by atoms with Crippen molar-refractivity contribution in [1.82, 2.24) is 4.98 Å². The van der Waals surface area contributed by atoms with E-state index >= 15 is 0 Å². The van der Waals surface area contributed by atoms with Crippen LogP contribution in [0, 0.1) is 21.4 Å². The monoisotopic (exact) mass is 302 g/mol. The predicted molar refractivity (Wildman–Crippen MR) is 75.0 cm³/mol. The summed E-state index contributed by atoms with van der Waals surface area (Å²) >= 11 is 5.68. The molecule has 104 valence electrons. The fourth-order valence-corrected chi connectivity index (χ4v) is 1.73. The molecule has 1 N–H and O–H groups in total. The van der Waals surface area contributed by atoms with Gasteiger partial charge in [0.25, 0.3) is 11.6 Å². The van der Waals surface area contributed by atoms with Crippen LogP contribution in [-0.4, -0.2) is 15.8 Å². The first-order chi connectivity index (χ1) is 10.0. The van der Waals surface area contributed by atoms with E-state index in [-0.39, 0.29) is 16.4 Å². The zero-order valence-corrected chi connectivity index (χ0v) is 11.2. The van der Waals surface area contributed by atoms with Crippen LogP contribution < -0.4 is 5.32 Å². The number of halogens is 1. The summed E-state index contributed by atoms with van der Waals surface area (Å²) in [7, 11) is 0. The summed E-state index contributed by atoms with van der Waals surface area (Å²) in [6.07, 6.45) is 1.28. The van der Waals surface area contributed by atoms with Gasteiger partial charge in [0.2, 0.25) is 0 Å². The molecule has 0 radical (unpaired) electrons. The highest BCUT2D eigenvalue weighted by molar-refractivity contribution is 6.31. The van der Waals surface area contributed by atoms with Crippen molar-refractivity contribution >= 4 is 29.0 Å². The molecule has 1 amide bonds. The van der Waals surface area contributed by atoms with Gasteiger partial charge in [-0.05, 0) is 24.3 Å². The predicted octanol–water partition coefficient (Wildman–Crippen LogP) is 2.77. The number of nitrogens with one attached hydrogen (secondary N) is 1. The lowest BCUT2D eigenvalue weighted by Gasteiger charge is -2.05. The Labute approximate surface area is 123 Å². The van der Waals surface area contributed by atoms with Gasteiger partial charge in [0.15, 0.2) is 0 Å². The molecule has 1 heterocycles. The van der Waals surface area contributed by atoms with Crippen LogP contribution in [0.4, 0.5) is 11.5 Å². The van der Waals surface area contributed by atoms with Crippen molar-refractivity contribution < 1.29 is 9.72 Å². The first-order valence-electron chi connectivity index (χ1n) is 5.62. The fraction of sp³-hybridized carbons (Fsp3) is 0. The quantitative estimate of drug-likeness (QED) is 0.692. The number of nitro groups is 1. The number of pyridine rings is 1. The van der Waals surface area contributed by atoms with E-state index < -0.39 is 16.5 Å². The molecule has 21 heavy (non-hydrogen) atoms. The number of carbonyl (C=O) groups excluding carboxylic acids is 1. The Kier molecular flexibility index (Phi) is 4.11. The number of nitrogens with zero attached hydrogens (tertiary/aromatic N) is 3. The average molecular weight is 303 g/mol. The van der Waals surface area contributed by atoms with Crippen LogP contribution in [0.3, 0.4) is 0 Å². The van der Waals surface area contributed by atoms with Gasteiger partial charge >= 0.3 is 0 Å². The topological polar surface area (TPSA) is 109 Å². The molecule has 0 saturated carbocycles. The SMILES string of the molecule is N#Cc1ccc(NC(=O)c2ccc(Cl)cc2[N+](=O)[O-])nc1. The number of anilines is 1. The summed E-state index contributed by atoms with van der Waals surface area (Å²) in [5, 5.41) is 22.2. The van der Waals surface area contributed by atoms with Crippen molar-refractivity contribution in [3.63, 3.8) is 0 Å². The largest absolute Gasteiger partial charge is 0.306 e. The van der Waals surface area contributed by atoms with Gasteiger partial charge in [0, 0.05) is 17.3 Å². The third-order valence-corrected chi connectivity index (χ3v) is 2.77. The highest BCUT2D eigenvalue weighted by Crippen LogP contribution is 2.23. The van der Waals surface area contributed by atoms with E-state index in [1.807, 2.05) is 6.07 Å². The van der Waals surface area contributed by atoms with Crippen molar-refractivity contribution in [2.45, 2.75) is 0 Å². The van der Waals surface area contributed by atoms with Crippen LogP contribution in [0.25, 0.3) is 0 Å². The Morgan fingerprint density at radius 2 is 2.14 bits per heavy atom. The Bertz CT molecular complexity index is 753. The molecule has 0 aliphatic heterocycles. The highest BCUT2D eigenvalue weighted by atomic mass is 35.5. The van der Waals surface area contributed by atoms with Crippen LogP contribution in [0.15, 0.2) is 36.5 Å². The number of rotatable bonds is 3. The molecule has 0 unspecified atom stereocenters. The van der Waals surface area contributed by atoms with Gasteiger partial charge < -0.3 is 5.32 Å². The van der Waals surface area contributed by atoms with E-state index in [1.165, 1.54) is 30.5 Å². The van der Waals surface area contributed by atoms with Gasteiger partial charge in [-0.25, -0.2) is 4.98 Å². The fourth-order valence-electron chi connectivity index (χ4n) is 1.57. The van der Waals surface area contributed by atoms with E-state index in [1.54, 1.807) is 0 Å². The van der Waals surface area contributed by atoms with Crippen molar-refractivity contribution in [2.75, 3.05) is 5.32 Å². The molecule has 0 atom stereocenters. The summed E-state index contributed by atoms with van der Waals surface area (Å²) in [5.74, 6) is -0.501. The van der Waals surface area contributed by atoms with E-state index in [4.69, 9.17) is 16.9 Å². The number of hydrogen-bond acceptors (Lipinski definition) is 5. The molecular weight excluding hydrogens is 296 g/mol. The first-order valence-corrected chi connectivity index (χ1v) is 6.00. The maximum Gasteiger partial charge on any atom is 0.283 e. The van der Waals surface area contributed by atoms with E-state index in [0.29, 0.717) is 5.56 Å². The highest BCUT2D eigenvalue weighted by Gasteiger charge is 2.20. The van der Waals surface area contributed by atoms with E-state index in [9.17, 15) is 14.9 Å². The minimum absolute atomic E-state index is 0.129. The molecule has 2 aromatic rings. The van der Waals surface area contributed by atoms with Gasteiger partial charge in [-0.3, -0.25) is 14.9 Å². The molecular formula is C13H7ClN4O3. The van der Waals surface area contributed by atoms with Crippen LogP contribution in [0.2, 0.25) is 5.02 Å². The van der Waals surface area contributed by atoms with Crippen LogP contribution in [0.1, 0.15) is 15.9 Å². The molecule has 0 spiro atoms. The Hall–Kier alpha value is -2.98. The maximum atomic E-state index is 12.0. The van der Waals surface area contributed by atoms with Crippen molar-refractivity contribution in [3.8, 4) is 6.07 Å². The molecule has 1 aromatic carbocycles. The number of nitro benzene ring substituents is 1. The number of hydrogen-bond donors (Lipinski definition) is 1. The van der Waals surface area contributed by atoms with Gasteiger partial charge in [-0.15, -0.1) is 0 Å². The molecule has 8 heteroatoms. The number of nitriles is 1. The lowest BCUT2D eigenvalue weighted by molar-refractivity contribution is -0.385. The first kappa shape index (κ1) is 14.4. The average Bonchev–Trinajstić information content (AvgIpc) is 2.47. The Morgan fingerprint density at radius 1 is 1.38 bits per heavy atom. The summed E-state index contributed by atoms with van der Waals surface area (Å²) in [6.45, 7) is 0. The molecule has 0 bridgehead atoms. The molecule has 0 saturated heterocycles. The van der Waals surface area contributed by atoms with Crippen molar-refractivity contribution in [3.05, 3.63) is 62.8 Å². The molecule has 2 rings (SSSR count). The second-order valence-corrected chi connectivity index (χ2v) is 4.35. The van der Waals surface area contributed by atoms with E-state index in [2.05, 4.69) is 10.3 Å². The van der Waals surface area contributed by atoms with E-state index in [0.717, 1.165) is 6.07 Å². The van der Waals surface area contributed by atoms with Gasteiger partial charge in [-0.2, -0.15) is 5.26 Å². The number of carbonyl (C=O) groups is 1. The normalized spacial score (nSPS) is 9.71. The summed E-state index contributed by atoms with van der Waals surface area (Å²) < 4.78 is 0. The Balaban J connectivity index is 2.28. The summed E-state index contributed by atoms with van der Waals surface area (Å²) in [6, 6.07) is 8.54. The maximum absolute atomic E-state index is 12.0. The molecule has 0 aliphatic rings.